The van der Waals surface area contributed by atoms with Crippen molar-refractivity contribution in [3.63, 3.8) is 0 Å². The number of aromatic carboxylic acids is 1. The zero-order valence-electron chi connectivity index (χ0n) is 9.51. The van der Waals surface area contributed by atoms with Crippen LogP contribution in [0, 0.1) is 6.92 Å². The summed E-state index contributed by atoms with van der Waals surface area (Å²) in [6.07, 6.45) is 2.01. The number of halogens is 1. The Labute approximate surface area is 106 Å². The number of rotatable bonds is 4. The minimum absolute atomic E-state index is 0. The molecule has 0 bridgehead atoms. The monoisotopic (exact) mass is 257 g/mol. The maximum absolute atomic E-state index is 11.0. The molecule has 0 unspecified atom stereocenters. The fraction of sp³-hybridized carbons (Fsp3) is 0.250. The molecule has 1 aromatic carbocycles. The number of aryl methyl sites for hydroxylation is 1. The SMILES string of the molecule is C=CC[C@H](N)c1c(C(=O)O)ccc(C)c1O.Cl. The van der Waals surface area contributed by atoms with Gasteiger partial charge in [0.25, 0.3) is 0 Å². The van der Waals surface area contributed by atoms with Crippen molar-refractivity contribution in [1.29, 1.82) is 0 Å². The normalized spacial score (nSPS) is 11.4. The van der Waals surface area contributed by atoms with Gasteiger partial charge in [-0.15, -0.1) is 19.0 Å². The number of carboxylic acid groups (broad SMARTS) is 1. The highest BCUT2D eigenvalue weighted by molar-refractivity contribution is 5.90. The van der Waals surface area contributed by atoms with Gasteiger partial charge in [-0.1, -0.05) is 12.1 Å². The highest BCUT2D eigenvalue weighted by Crippen LogP contribution is 2.31. The van der Waals surface area contributed by atoms with E-state index in [1.165, 1.54) is 6.07 Å². The number of phenolic OH excluding ortho intramolecular Hbond substituents is 1. The first-order valence-corrected chi connectivity index (χ1v) is 4.91. The summed E-state index contributed by atoms with van der Waals surface area (Å²) in [4.78, 5) is 11.0. The van der Waals surface area contributed by atoms with Gasteiger partial charge in [0, 0.05) is 11.6 Å². The second-order valence-corrected chi connectivity index (χ2v) is 3.63. The second-order valence-electron chi connectivity index (χ2n) is 3.63. The average molecular weight is 258 g/mol. The highest BCUT2D eigenvalue weighted by atomic mass is 35.5. The van der Waals surface area contributed by atoms with Gasteiger partial charge in [0.05, 0.1) is 5.56 Å². The van der Waals surface area contributed by atoms with Gasteiger partial charge in [-0.3, -0.25) is 0 Å². The van der Waals surface area contributed by atoms with Gasteiger partial charge < -0.3 is 15.9 Å². The predicted octanol–water partition coefficient (Wildman–Crippen LogP) is 2.40. The molecule has 0 saturated carbocycles. The largest absolute Gasteiger partial charge is 0.507 e. The number of benzene rings is 1. The number of nitrogens with two attached hydrogens (primary N) is 1. The molecule has 17 heavy (non-hydrogen) atoms. The standard InChI is InChI=1S/C12H15NO3.ClH/c1-3-4-9(13)10-8(12(15)16)6-5-7(2)11(10)14;/h3,5-6,9,14H,1,4,13H2,2H3,(H,15,16);1H/t9-;/m0./s1. The molecule has 0 aliphatic heterocycles. The Kier molecular flexibility index (Phi) is 5.71. The van der Waals surface area contributed by atoms with Crippen LogP contribution in [0.1, 0.15) is 33.9 Å². The molecule has 0 spiro atoms. The molecule has 5 heteroatoms. The zero-order valence-corrected chi connectivity index (χ0v) is 10.3. The van der Waals surface area contributed by atoms with E-state index in [0.29, 0.717) is 12.0 Å². The highest BCUT2D eigenvalue weighted by Gasteiger charge is 2.20. The lowest BCUT2D eigenvalue weighted by atomic mass is 9.95. The lowest BCUT2D eigenvalue weighted by molar-refractivity contribution is 0.0694. The van der Waals surface area contributed by atoms with Crippen LogP contribution in [0.4, 0.5) is 0 Å². The van der Waals surface area contributed by atoms with Crippen molar-refractivity contribution in [2.24, 2.45) is 5.73 Å². The van der Waals surface area contributed by atoms with Crippen LogP contribution in [-0.4, -0.2) is 16.2 Å². The molecular weight excluding hydrogens is 242 g/mol. The van der Waals surface area contributed by atoms with Crippen molar-refractivity contribution >= 4 is 18.4 Å². The van der Waals surface area contributed by atoms with Crippen molar-refractivity contribution in [3.05, 3.63) is 41.5 Å². The lowest BCUT2D eigenvalue weighted by Crippen LogP contribution is -2.15. The lowest BCUT2D eigenvalue weighted by Gasteiger charge is -2.16. The molecule has 0 amide bonds. The van der Waals surface area contributed by atoms with Crippen LogP contribution in [0.25, 0.3) is 0 Å². The zero-order chi connectivity index (χ0) is 12.3. The van der Waals surface area contributed by atoms with Gasteiger partial charge >= 0.3 is 5.97 Å². The second kappa shape index (κ2) is 6.27. The average Bonchev–Trinajstić information content (AvgIpc) is 2.21. The van der Waals surface area contributed by atoms with Crippen molar-refractivity contribution < 1.29 is 15.0 Å². The van der Waals surface area contributed by atoms with Crippen molar-refractivity contribution in [2.75, 3.05) is 0 Å². The molecule has 1 atom stereocenters. The molecule has 4 N–H and O–H groups in total. The first kappa shape index (κ1) is 15.5. The molecular formula is C12H16ClNO3. The van der Waals surface area contributed by atoms with E-state index in [-0.39, 0.29) is 29.3 Å². The van der Waals surface area contributed by atoms with Crippen LogP contribution in [0.5, 0.6) is 5.75 Å². The van der Waals surface area contributed by atoms with E-state index in [9.17, 15) is 9.90 Å². The quantitative estimate of drug-likeness (QED) is 0.723. The van der Waals surface area contributed by atoms with E-state index in [1.54, 1.807) is 19.1 Å². The first-order chi connectivity index (χ1) is 7.49. The Bertz CT molecular complexity index is 432. The third-order valence-corrected chi connectivity index (χ3v) is 2.44. The topological polar surface area (TPSA) is 83.6 Å². The smallest absolute Gasteiger partial charge is 0.336 e. The van der Waals surface area contributed by atoms with E-state index in [2.05, 4.69) is 6.58 Å². The summed E-state index contributed by atoms with van der Waals surface area (Å²) in [6.45, 7) is 5.24. The fourth-order valence-electron chi connectivity index (χ4n) is 1.58. The third-order valence-electron chi connectivity index (χ3n) is 2.44. The van der Waals surface area contributed by atoms with Crippen molar-refractivity contribution in [3.8, 4) is 5.75 Å². The molecule has 0 radical (unpaired) electrons. The first-order valence-electron chi connectivity index (χ1n) is 4.91. The summed E-state index contributed by atoms with van der Waals surface area (Å²) in [5.41, 5.74) is 6.74. The maximum atomic E-state index is 11.0. The number of hydrogen-bond acceptors (Lipinski definition) is 3. The van der Waals surface area contributed by atoms with E-state index in [0.717, 1.165) is 0 Å². The summed E-state index contributed by atoms with van der Waals surface area (Å²) in [5, 5.41) is 18.9. The number of hydrogen-bond donors (Lipinski definition) is 3. The van der Waals surface area contributed by atoms with Crippen LogP contribution in [-0.2, 0) is 0 Å². The van der Waals surface area contributed by atoms with Crippen molar-refractivity contribution in [1.82, 2.24) is 0 Å². The van der Waals surface area contributed by atoms with Crippen LogP contribution in [0.3, 0.4) is 0 Å². The van der Waals surface area contributed by atoms with Crippen molar-refractivity contribution in [2.45, 2.75) is 19.4 Å². The minimum Gasteiger partial charge on any atom is -0.507 e. The van der Waals surface area contributed by atoms with Crippen LogP contribution < -0.4 is 5.73 Å². The summed E-state index contributed by atoms with van der Waals surface area (Å²) in [5.74, 6) is -1.14. The summed E-state index contributed by atoms with van der Waals surface area (Å²) in [7, 11) is 0. The van der Waals surface area contributed by atoms with Gasteiger partial charge in [0.15, 0.2) is 0 Å². The van der Waals surface area contributed by atoms with Gasteiger partial charge in [-0.05, 0) is 25.0 Å². The Morgan fingerprint density at radius 1 is 1.59 bits per heavy atom. The Morgan fingerprint density at radius 2 is 2.18 bits per heavy atom. The van der Waals surface area contributed by atoms with E-state index >= 15 is 0 Å². The molecule has 1 rings (SSSR count). The molecule has 0 aromatic heterocycles. The number of phenols is 1. The third kappa shape index (κ3) is 3.22. The molecule has 0 heterocycles. The van der Waals surface area contributed by atoms with Crippen LogP contribution in [0.2, 0.25) is 0 Å². The van der Waals surface area contributed by atoms with Gasteiger partial charge in [-0.2, -0.15) is 0 Å². The van der Waals surface area contributed by atoms with Crippen LogP contribution >= 0.6 is 12.4 Å². The summed E-state index contributed by atoms with van der Waals surface area (Å²) in [6, 6.07) is 2.46. The van der Waals surface area contributed by atoms with Gasteiger partial charge in [0.1, 0.15) is 5.75 Å². The number of carbonyl (C=O) groups is 1. The molecule has 0 aliphatic carbocycles. The summed E-state index contributed by atoms with van der Waals surface area (Å²) >= 11 is 0. The molecule has 0 fully saturated rings. The van der Waals surface area contributed by atoms with E-state index in [4.69, 9.17) is 10.8 Å². The van der Waals surface area contributed by atoms with E-state index < -0.39 is 12.0 Å². The molecule has 0 saturated heterocycles. The molecule has 0 aliphatic rings. The Hall–Kier alpha value is -1.52. The van der Waals surface area contributed by atoms with E-state index in [1.807, 2.05) is 0 Å². The number of aromatic hydroxyl groups is 1. The van der Waals surface area contributed by atoms with Crippen LogP contribution in [0.15, 0.2) is 24.8 Å². The van der Waals surface area contributed by atoms with Gasteiger partial charge in [-0.25, -0.2) is 4.79 Å². The molecule has 4 nitrogen and oxygen atoms in total. The Balaban J connectivity index is 0.00000256. The molecule has 94 valence electrons. The van der Waals surface area contributed by atoms with Gasteiger partial charge in [0.2, 0.25) is 0 Å². The molecule has 1 aromatic rings. The Morgan fingerprint density at radius 3 is 2.65 bits per heavy atom. The predicted molar refractivity (Wildman–Crippen MR) is 68.8 cm³/mol. The maximum Gasteiger partial charge on any atom is 0.336 e. The fourth-order valence-corrected chi connectivity index (χ4v) is 1.58. The minimum atomic E-state index is -1.09. The number of carboxylic acids is 1. The summed E-state index contributed by atoms with van der Waals surface area (Å²) < 4.78 is 0.